The van der Waals surface area contributed by atoms with E-state index in [9.17, 15) is 0 Å². The summed E-state index contributed by atoms with van der Waals surface area (Å²) in [6.07, 6.45) is 3.12. The molecule has 1 N–H and O–H groups in total. The molecule has 1 rings (SSSR count). The van der Waals surface area contributed by atoms with Gasteiger partial charge in [-0.2, -0.15) is 5.10 Å². The fourth-order valence-electron chi connectivity index (χ4n) is 1.75. The molecule has 0 aliphatic carbocycles. The van der Waals surface area contributed by atoms with Crippen molar-refractivity contribution >= 4 is 0 Å². The minimum atomic E-state index is 0.342. The average Bonchev–Trinajstić information content (AvgIpc) is 2.58. The second-order valence-electron chi connectivity index (χ2n) is 5.88. The van der Waals surface area contributed by atoms with E-state index in [0.29, 0.717) is 11.3 Å². The van der Waals surface area contributed by atoms with Crippen LogP contribution in [0.15, 0.2) is 6.20 Å². The van der Waals surface area contributed by atoms with Gasteiger partial charge in [-0.3, -0.25) is 4.68 Å². The van der Waals surface area contributed by atoms with Gasteiger partial charge >= 0.3 is 0 Å². The number of hydrogen-bond donors (Lipinski definition) is 1. The van der Waals surface area contributed by atoms with Crippen molar-refractivity contribution in [1.82, 2.24) is 15.1 Å². The van der Waals surface area contributed by atoms with E-state index >= 15 is 0 Å². The SMILES string of the molecule is CCc1nn(C)cc1CNCC(C)(C)C(C)C. The summed E-state index contributed by atoms with van der Waals surface area (Å²) in [6, 6.07) is 0. The summed E-state index contributed by atoms with van der Waals surface area (Å²) in [5.74, 6) is 0.689. The van der Waals surface area contributed by atoms with Gasteiger partial charge in [0, 0.05) is 31.9 Å². The van der Waals surface area contributed by atoms with E-state index in [1.807, 2.05) is 11.7 Å². The molecule has 3 heteroatoms. The van der Waals surface area contributed by atoms with E-state index in [2.05, 4.69) is 51.2 Å². The highest BCUT2D eigenvalue weighted by atomic mass is 15.3. The molecule has 0 spiro atoms. The molecule has 1 aromatic heterocycles. The van der Waals surface area contributed by atoms with Crippen molar-refractivity contribution in [3.05, 3.63) is 17.5 Å². The van der Waals surface area contributed by atoms with Crippen LogP contribution in [0.3, 0.4) is 0 Å². The van der Waals surface area contributed by atoms with Crippen molar-refractivity contribution in [3.8, 4) is 0 Å². The van der Waals surface area contributed by atoms with Gasteiger partial charge in [0.15, 0.2) is 0 Å². The molecular weight excluding hydrogens is 210 g/mol. The average molecular weight is 237 g/mol. The van der Waals surface area contributed by atoms with Crippen LogP contribution in [0.25, 0.3) is 0 Å². The zero-order valence-electron chi connectivity index (χ0n) is 12.2. The predicted molar refractivity (Wildman–Crippen MR) is 72.9 cm³/mol. The van der Waals surface area contributed by atoms with Crippen LogP contribution in [0, 0.1) is 11.3 Å². The Bertz CT molecular complexity index is 350. The molecule has 0 amide bonds. The molecule has 0 saturated carbocycles. The first-order valence-electron chi connectivity index (χ1n) is 6.59. The first kappa shape index (κ1) is 14.2. The maximum Gasteiger partial charge on any atom is 0.0666 e. The molecule has 0 aliphatic rings. The molecule has 98 valence electrons. The Morgan fingerprint density at radius 3 is 2.59 bits per heavy atom. The number of nitrogens with one attached hydrogen (secondary N) is 1. The van der Waals surface area contributed by atoms with Gasteiger partial charge in [-0.1, -0.05) is 34.6 Å². The summed E-state index contributed by atoms with van der Waals surface area (Å²) in [5, 5.41) is 8.01. The third-order valence-electron chi connectivity index (χ3n) is 3.79. The number of aryl methyl sites for hydroxylation is 2. The van der Waals surface area contributed by atoms with E-state index in [-0.39, 0.29) is 0 Å². The topological polar surface area (TPSA) is 29.9 Å². The molecule has 1 aromatic rings. The second-order valence-corrected chi connectivity index (χ2v) is 5.88. The fourth-order valence-corrected chi connectivity index (χ4v) is 1.75. The molecule has 1 heterocycles. The van der Waals surface area contributed by atoms with E-state index in [0.717, 1.165) is 19.5 Å². The lowest BCUT2D eigenvalue weighted by atomic mass is 9.81. The third kappa shape index (κ3) is 3.84. The van der Waals surface area contributed by atoms with Gasteiger partial charge < -0.3 is 5.32 Å². The highest BCUT2D eigenvalue weighted by molar-refractivity contribution is 5.16. The molecule has 17 heavy (non-hydrogen) atoms. The molecule has 0 aliphatic heterocycles. The Hall–Kier alpha value is -0.830. The van der Waals surface area contributed by atoms with E-state index in [1.54, 1.807) is 0 Å². The van der Waals surface area contributed by atoms with Crippen LogP contribution in [0.5, 0.6) is 0 Å². The molecule has 0 saturated heterocycles. The summed E-state index contributed by atoms with van der Waals surface area (Å²) in [6.45, 7) is 13.3. The number of aromatic nitrogens is 2. The molecular formula is C14H27N3. The monoisotopic (exact) mass is 237 g/mol. The van der Waals surface area contributed by atoms with Gasteiger partial charge in [0.05, 0.1) is 5.69 Å². The van der Waals surface area contributed by atoms with E-state index in [4.69, 9.17) is 0 Å². The lowest BCUT2D eigenvalue weighted by molar-refractivity contribution is 0.238. The Morgan fingerprint density at radius 2 is 2.06 bits per heavy atom. The minimum absolute atomic E-state index is 0.342. The van der Waals surface area contributed by atoms with Crippen LogP contribution >= 0.6 is 0 Å². The number of hydrogen-bond acceptors (Lipinski definition) is 2. The van der Waals surface area contributed by atoms with Crippen molar-refractivity contribution in [3.63, 3.8) is 0 Å². The van der Waals surface area contributed by atoms with Crippen LogP contribution < -0.4 is 5.32 Å². The highest BCUT2D eigenvalue weighted by Crippen LogP contribution is 2.24. The normalized spacial score (nSPS) is 12.4. The van der Waals surface area contributed by atoms with Crippen LogP contribution in [0.2, 0.25) is 0 Å². The number of nitrogens with zero attached hydrogens (tertiary/aromatic N) is 2. The summed E-state index contributed by atoms with van der Waals surface area (Å²) in [4.78, 5) is 0. The maximum absolute atomic E-state index is 4.46. The van der Waals surface area contributed by atoms with Crippen LogP contribution in [0.4, 0.5) is 0 Å². The van der Waals surface area contributed by atoms with Crippen molar-refractivity contribution in [2.45, 2.75) is 47.6 Å². The van der Waals surface area contributed by atoms with Gasteiger partial charge in [-0.25, -0.2) is 0 Å². The first-order chi connectivity index (χ1) is 7.86. The van der Waals surface area contributed by atoms with E-state index in [1.165, 1.54) is 11.3 Å². The summed E-state index contributed by atoms with van der Waals surface area (Å²) in [7, 11) is 1.99. The van der Waals surface area contributed by atoms with Crippen LogP contribution in [-0.4, -0.2) is 16.3 Å². The lowest BCUT2D eigenvalue weighted by Gasteiger charge is -2.29. The Morgan fingerprint density at radius 1 is 1.41 bits per heavy atom. The molecule has 0 unspecified atom stereocenters. The van der Waals surface area contributed by atoms with Gasteiger partial charge in [-0.05, 0) is 17.8 Å². The third-order valence-corrected chi connectivity index (χ3v) is 3.79. The van der Waals surface area contributed by atoms with Gasteiger partial charge in [0.1, 0.15) is 0 Å². The van der Waals surface area contributed by atoms with Crippen molar-refractivity contribution < 1.29 is 0 Å². The Labute approximate surface area is 106 Å². The quantitative estimate of drug-likeness (QED) is 0.824. The Balaban J connectivity index is 2.51. The largest absolute Gasteiger partial charge is 0.312 e. The highest BCUT2D eigenvalue weighted by Gasteiger charge is 2.21. The van der Waals surface area contributed by atoms with Crippen molar-refractivity contribution in [1.29, 1.82) is 0 Å². The van der Waals surface area contributed by atoms with Gasteiger partial charge in [0.25, 0.3) is 0 Å². The predicted octanol–water partition coefficient (Wildman–Crippen LogP) is 2.75. The molecule has 0 aromatic carbocycles. The molecule has 0 atom stereocenters. The molecule has 0 radical (unpaired) electrons. The lowest BCUT2D eigenvalue weighted by Crippen LogP contribution is -2.33. The first-order valence-corrected chi connectivity index (χ1v) is 6.59. The fraction of sp³-hybridized carbons (Fsp3) is 0.786. The minimum Gasteiger partial charge on any atom is -0.312 e. The smallest absolute Gasteiger partial charge is 0.0666 e. The second kappa shape index (κ2) is 5.67. The standard InChI is InChI=1S/C14H27N3/c1-7-13-12(9-17(6)16-13)8-15-10-14(4,5)11(2)3/h9,11,15H,7-8,10H2,1-6H3. The van der Waals surface area contributed by atoms with Crippen molar-refractivity contribution in [2.24, 2.45) is 18.4 Å². The molecule has 3 nitrogen and oxygen atoms in total. The zero-order chi connectivity index (χ0) is 13.1. The van der Waals surface area contributed by atoms with Gasteiger partial charge in [-0.15, -0.1) is 0 Å². The summed E-state index contributed by atoms with van der Waals surface area (Å²) in [5.41, 5.74) is 2.88. The summed E-state index contributed by atoms with van der Waals surface area (Å²) >= 11 is 0. The van der Waals surface area contributed by atoms with Crippen LogP contribution in [-0.2, 0) is 20.0 Å². The van der Waals surface area contributed by atoms with Crippen molar-refractivity contribution in [2.75, 3.05) is 6.54 Å². The molecule has 0 bridgehead atoms. The van der Waals surface area contributed by atoms with Crippen LogP contribution in [0.1, 0.15) is 45.9 Å². The summed E-state index contributed by atoms with van der Waals surface area (Å²) < 4.78 is 1.91. The maximum atomic E-state index is 4.46. The molecule has 0 fully saturated rings. The van der Waals surface area contributed by atoms with E-state index < -0.39 is 0 Å². The van der Waals surface area contributed by atoms with Gasteiger partial charge in [0.2, 0.25) is 0 Å². The number of rotatable bonds is 6. The Kier molecular flexibility index (Phi) is 4.75. The zero-order valence-corrected chi connectivity index (χ0v) is 12.2.